The van der Waals surface area contributed by atoms with Gasteiger partial charge in [0.2, 0.25) is 0 Å². The first-order valence-electron chi connectivity index (χ1n) is 12.2. The number of para-hydroxylation sites is 1. The lowest BCUT2D eigenvalue weighted by Gasteiger charge is -2.21. The van der Waals surface area contributed by atoms with Gasteiger partial charge in [0, 0.05) is 5.69 Å². The fraction of sp³-hybridized carbons (Fsp3) is 0.481. The lowest BCUT2D eigenvalue weighted by molar-refractivity contribution is 0.0973. The number of hydrogen-bond donors (Lipinski definition) is 2. The monoisotopic (exact) mass is 468 g/mol. The molecule has 6 heteroatoms. The van der Waals surface area contributed by atoms with Crippen molar-refractivity contribution in [2.24, 2.45) is 5.92 Å². The number of carbonyl (C=O) groups excluding carboxylic acids is 1. The quantitative estimate of drug-likeness (QED) is 0.283. The first-order chi connectivity index (χ1) is 16.2. The van der Waals surface area contributed by atoms with Crippen LogP contribution in [0.3, 0.4) is 0 Å². The van der Waals surface area contributed by atoms with Crippen molar-refractivity contribution in [1.82, 2.24) is 5.32 Å². The number of ether oxygens (including phenoxy) is 2. The molecule has 2 aromatic rings. The summed E-state index contributed by atoms with van der Waals surface area (Å²) in [6.07, 6.45) is 11.1. The first-order valence-corrected chi connectivity index (χ1v) is 12.6. The summed E-state index contributed by atoms with van der Waals surface area (Å²) in [6.45, 7) is 3.50. The Hall–Kier alpha value is -2.60. The van der Waals surface area contributed by atoms with Crippen molar-refractivity contribution in [3.05, 3.63) is 54.1 Å². The molecule has 2 aromatic carbocycles. The second-order valence-corrected chi connectivity index (χ2v) is 9.03. The zero-order valence-electron chi connectivity index (χ0n) is 19.6. The van der Waals surface area contributed by atoms with Gasteiger partial charge >= 0.3 is 0 Å². The smallest absolute Gasteiger partial charge is 0.261 e. The molecule has 33 heavy (non-hydrogen) atoms. The highest BCUT2D eigenvalue weighted by molar-refractivity contribution is 7.80. The fourth-order valence-corrected chi connectivity index (χ4v) is 4.31. The molecule has 0 aliphatic heterocycles. The van der Waals surface area contributed by atoms with Gasteiger partial charge in [-0.05, 0) is 67.4 Å². The number of benzene rings is 2. The average Bonchev–Trinajstić information content (AvgIpc) is 2.84. The molecule has 0 bridgehead atoms. The van der Waals surface area contributed by atoms with Gasteiger partial charge in [-0.2, -0.15) is 0 Å². The summed E-state index contributed by atoms with van der Waals surface area (Å²) < 4.78 is 11.7. The van der Waals surface area contributed by atoms with E-state index in [9.17, 15) is 4.79 Å². The van der Waals surface area contributed by atoms with E-state index in [0.29, 0.717) is 17.9 Å². The molecule has 1 aliphatic carbocycles. The minimum absolute atomic E-state index is 0.242. The molecule has 0 heterocycles. The standard InChI is InChI=1S/C27H36N2O3S/c1-2-3-9-19-32-25-13-8-7-12-24(25)26(30)29-27(33)28-22-14-16-23(17-15-22)31-20-18-21-10-5-4-6-11-21/h7-8,12-17,21H,2-6,9-11,18-20H2,1H3,(H2,28,29,30,33). The van der Waals surface area contributed by atoms with Crippen LogP contribution in [0.2, 0.25) is 0 Å². The Labute approximate surface area is 203 Å². The summed E-state index contributed by atoms with van der Waals surface area (Å²) in [4.78, 5) is 12.7. The van der Waals surface area contributed by atoms with E-state index in [2.05, 4.69) is 17.6 Å². The average molecular weight is 469 g/mol. The maximum atomic E-state index is 12.7. The highest BCUT2D eigenvalue weighted by Crippen LogP contribution is 2.26. The van der Waals surface area contributed by atoms with Crippen LogP contribution in [-0.2, 0) is 0 Å². The normalized spacial score (nSPS) is 13.8. The zero-order chi connectivity index (χ0) is 23.3. The van der Waals surface area contributed by atoms with Crippen molar-refractivity contribution in [2.75, 3.05) is 18.5 Å². The van der Waals surface area contributed by atoms with E-state index in [-0.39, 0.29) is 11.0 Å². The van der Waals surface area contributed by atoms with Crippen LogP contribution in [0.25, 0.3) is 0 Å². The molecular formula is C27H36N2O3S. The Morgan fingerprint density at radius 3 is 2.48 bits per heavy atom. The molecule has 3 rings (SSSR count). The van der Waals surface area contributed by atoms with Gasteiger partial charge in [-0.1, -0.05) is 64.0 Å². The molecule has 5 nitrogen and oxygen atoms in total. The molecule has 0 unspecified atom stereocenters. The topological polar surface area (TPSA) is 59.6 Å². The molecule has 1 saturated carbocycles. The summed E-state index contributed by atoms with van der Waals surface area (Å²) >= 11 is 5.34. The van der Waals surface area contributed by atoms with Gasteiger partial charge in [-0.25, -0.2) is 0 Å². The van der Waals surface area contributed by atoms with Crippen LogP contribution in [0.4, 0.5) is 5.69 Å². The van der Waals surface area contributed by atoms with Crippen molar-refractivity contribution < 1.29 is 14.3 Å². The van der Waals surface area contributed by atoms with E-state index in [0.717, 1.165) is 49.6 Å². The summed E-state index contributed by atoms with van der Waals surface area (Å²) in [5.41, 5.74) is 1.27. The van der Waals surface area contributed by atoms with Crippen molar-refractivity contribution >= 4 is 28.9 Å². The Morgan fingerprint density at radius 1 is 0.970 bits per heavy atom. The maximum absolute atomic E-state index is 12.7. The maximum Gasteiger partial charge on any atom is 0.261 e. The molecule has 1 amide bonds. The number of carbonyl (C=O) groups is 1. The molecule has 178 valence electrons. The van der Waals surface area contributed by atoms with Crippen molar-refractivity contribution in [1.29, 1.82) is 0 Å². The third-order valence-corrected chi connectivity index (χ3v) is 6.20. The van der Waals surface area contributed by atoms with Crippen LogP contribution >= 0.6 is 12.2 Å². The Balaban J connectivity index is 1.44. The molecule has 0 aromatic heterocycles. The third kappa shape index (κ3) is 8.69. The number of amides is 1. The number of anilines is 1. The molecule has 0 saturated heterocycles. The van der Waals surface area contributed by atoms with E-state index in [1.54, 1.807) is 6.07 Å². The number of nitrogens with one attached hydrogen (secondary N) is 2. The van der Waals surface area contributed by atoms with Crippen LogP contribution in [-0.4, -0.2) is 24.2 Å². The lowest BCUT2D eigenvalue weighted by atomic mass is 9.87. The Bertz CT molecular complexity index is 879. The van der Waals surface area contributed by atoms with Gasteiger partial charge in [-0.15, -0.1) is 0 Å². The highest BCUT2D eigenvalue weighted by atomic mass is 32.1. The molecule has 0 atom stereocenters. The lowest BCUT2D eigenvalue weighted by Crippen LogP contribution is -2.34. The van der Waals surface area contributed by atoms with E-state index >= 15 is 0 Å². The summed E-state index contributed by atoms with van der Waals surface area (Å²) in [5.74, 6) is 1.94. The Morgan fingerprint density at radius 2 is 1.73 bits per heavy atom. The van der Waals surface area contributed by atoms with Crippen LogP contribution in [0.15, 0.2) is 48.5 Å². The predicted octanol–water partition coefficient (Wildman–Crippen LogP) is 6.73. The molecule has 1 aliphatic rings. The first kappa shape index (κ1) is 25.0. The largest absolute Gasteiger partial charge is 0.494 e. The molecule has 0 radical (unpaired) electrons. The fourth-order valence-electron chi connectivity index (χ4n) is 4.10. The second kappa shape index (κ2) is 13.8. The van der Waals surface area contributed by atoms with Crippen LogP contribution < -0.4 is 20.1 Å². The Kier molecular flexibility index (Phi) is 10.5. The van der Waals surface area contributed by atoms with E-state index in [1.165, 1.54) is 32.1 Å². The summed E-state index contributed by atoms with van der Waals surface area (Å²) in [7, 11) is 0. The minimum atomic E-state index is -0.291. The molecular weight excluding hydrogens is 432 g/mol. The van der Waals surface area contributed by atoms with Crippen molar-refractivity contribution in [3.8, 4) is 11.5 Å². The van der Waals surface area contributed by atoms with Gasteiger partial charge in [0.15, 0.2) is 5.11 Å². The van der Waals surface area contributed by atoms with Crippen LogP contribution in [0, 0.1) is 5.92 Å². The highest BCUT2D eigenvalue weighted by Gasteiger charge is 2.14. The second-order valence-electron chi connectivity index (χ2n) is 8.63. The van der Waals surface area contributed by atoms with Gasteiger partial charge in [0.05, 0.1) is 18.8 Å². The SMILES string of the molecule is CCCCCOc1ccccc1C(=O)NC(=S)Nc1ccc(OCCC2CCCCC2)cc1. The van der Waals surface area contributed by atoms with Crippen molar-refractivity contribution in [2.45, 2.75) is 64.7 Å². The minimum Gasteiger partial charge on any atom is -0.494 e. The number of rotatable bonds is 11. The molecule has 0 spiro atoms. The summed E-state index contributed by atoms with van der Waals surface area (Å²) in [5, 5.41) is 6.04. The molecule has 1 fully saturated rings. The van der Waals surface area contributed by atoms with Gasteiger partial charge in [0.1, 0.15) is 11.5 Å². The van der Waals surface area contributed by atoms with E-state index < -0.39 is 0 Å². The predicted molar refractivity (Wildman–Crippen MR) is 138 cm³/mol. The number of thiocarbonyl (C=S) groups is 1. The zero-order valence-corrected chi connectivity index (χ0v) is 20.4. The third-order valence-electron chi connectivity index (χ3n) is 6.00. The van der Waals surface area contributed by atoms with E-state index in [4.69, 9.17) is 21.7 Å². The van der Waals surface area contributed by atoms with Crippen LogP contribution in [0.1, 0.15) is 75.1 Å². The number of hydrogen-bond acceptors (Lipinski definition) is 4. The van der Waals surface area contributed by atoms with Crippen LogP contribution in [0.5, 0.6) is 11.5 Å². The van der Waals surface area contributed by atoms with Gasteiger partial charge in [-0.3, -0.25) is 10.1 Å². The van der Waals surface area contributed by atoms with Crippen molar-refractivity contribution in [3.63, 3.8) is 0 Å². The summed E-state index contributed by atoms with van der Waals surface area (Å²) in [6, 6.07) is 14.9. The molecule has 2 N–H and O–H groups in total. The number of unbranched alkanes of at least 4 members (excludes halogenated alkanes) is 2. The van der Waals surface area contributed by atoms with Gasteiger partial charge in [0.25, 0.3) is 5.91 Å². The van der Waals surface area contributed by atoms with E-state index in [1.807, 2.05) is 42.5 Å². The van der Waals surface area contributed by atoms with Gasteiger partial charge < -0.3 is 14.8 Å².